The fourth-order valence-electron chi connectivity index (χ4n) is 2.31. The lowest BCUT2D eigenvalue weighted by atomic mass is 10.1. The standard InChI is InChI=1S/C16H26N2O/c1-5-15(6-2)18(11-12(3)4)16(19)13-7-9-14(17)10-8-13/h7-10,12,15H,5-6,11,17H2,1-4H3. The van der Waals surface area contributed by atoms with Crippen LogP contribution >= 0.6 is 0 Å². The third kappa shape index (κ3) is 4.27. The molecule has 19 heavy (non-hydrogen) atoms. The number of nitrogens with zero attached hydrogens (tertiary/aromatic N) is 1. The Hall–Kier alpha value is -1.51. The summed E-state index contributed by atoms with van der Waals surface area (Å²) >= 11 is 0. The highest BCUT2D eigenvalue weighted by Crippen LogP contribution is 2.16. The Labute approximate surface area is 116 Å². The van der Waals surface area contributed by atoms with E-state index in [2.05, 4.69) is 27.7 Å². The minimum Gasteiger partial charge on any atom is -0.399 e. The molecule has 3 heteroatoms. The second-order valence-electron chi connectivity index (χ2n) is 5.44. The van der Waals surface area contributed by atoms with E-state index in [4.69, 9.17) is 5.73 Å². The van der Waals surface area contributed by atoms with Gasteiger partial charge in [0, 0.05) is 23.8 Å². The SMILES string of the molecule is CCC(CC)N(CC(C)C)C(=O)c1ccc(N)cc1. The lowest BCUT2D eigenvalue weighted by Crippen LogP contribution is -2.42. The molecule has 2 N–H and O–H groups in total. The lowest BCUT2D eigenvalue weighted by molar-refractivity contribution is 0.0640. The number of anilines is 1. The van der Waals surface area contributed by atoms with Crippen LogP contribution in [0.2, 0.25) is 0 Å². The Morgan fingerprint density at radius 1 is 1.16 bits per heavy atom. The molecule has 1 aromatic carbocycles. The first kappa shape index (κ1) is 15.5. The van der Waals surface area contributed by atoms with Crippen molar-refractivity contribution < 1.29 is 4.79 Å². The third-order valence-electron chi connectivity index (χ3n) is 3.36. The minimum atomic E-state index is 0.113. The summed E-state index contributed by atoms with van der Waals surface area (Å²) in [5.74, 6) is 0.584. The molecule has 106 valence electrons. The van der Waals surface area contributed by atoms with Crippen LogP contribution in [-0.4, -0.2) is 23.4 Å². The molecule has 0 heterocycles. The van der Waals surface area contributed by atoms with Crippen LogP contribution in [0.15, 0.2) is 24.3 Å². The van der Waals surface area contributed by atoms with E-state index in [-0.39, 0.29) is 5.91 Å². The topological polar surface area (TPSA) is 46.3 Å². The maximum Gasteiger partial charge on any atom is 0.254 e. The van der Waals surface area contributed by atoms with Gasteiger partial charge < -0.3 is 10.6 Å². The number of benzene rings is 1. The first-order valence-corrected chi connectivity index (χ1v) is 7.16. The van der Waals surface area contributed by atoms with Crippen molar-refractivity contribution in [2.75, 3.05) is 12.3 Å². The van der Waals surface area contributed by atoms with Gasteiger partial charge in [-0.25, -0.2) is 0 Å². The van der Waals surface area contributed by atoms with Gasteiger partial charge in [-0.05, 0) is 43.0 Å². The number of hydrogen-bond acceptors (Lipinski definition) is 2. The average Bonchev–Trinajstić information content (AvgIpc) is 2.38. The van der Waals surface area contributed by atoms with Gasteiger partial charge in [-0.15, -0.1) is 0 Å². The Morgan fingerprint density at radius 2 is 1.68 bits per heavy atom. The van der Waals surface area contributed by atoms with Crippen molar-refractivity contribution in [1.82, 2.24) is 4.90 Å². The largest absolute Gasteiger partial charge is 0.399 e. The normalized spacial score (nSPS) is 11.1. The van der Waals surface area contributed by atoms with Crippen LogP contribution in [0.5, 0.6) is 0 Å². The van der Waals surface area contributed by atoms with Gasteiger partial charge in [0.05, 0.1) is 0 Å². The summed E-state index contributed by atoms with van der Waals surface area (Å²) in [6, 6.07) is 7.51. The zero-order valence-corrected chi connectivity index (χ0v) is 12.5. The first-order valence-electron chi connectivity index (χ1n) is 7.16. The fourth-order valence-corrected chi connectivity index (χ4v) is 2.31. The number of carbonyl (C=O) groups excluding carboxylic acids is 1. The van der Waals surface area contributed by atoms with Gasteiger partial charge in [0.15, 0.2) is 0 Å². The van der Waals surface area contributed by atoms with E-state index in [9.17, 15) is 4.79 Å². The van der Waals surface area contributed by atoms with Gasteiger partial charge in [-0.1, -0.05) is 27.7 Å². The van der Waals surface area contributed by atoms with Crippen LogP contribution in [0.1, 0.15) is 50.9 Å². The maximum absolute atomic E-state index is 12.6. The van der Waals surface area contributed by atoms with Crippen molar-refractivity contribution in [3.63, 3.8) is 0 Å². The highest BCUT2D eigenvalue weighted by atomic mass is 16.2. The van der Waals surface area contributed by atoms with Gasteiger partial charge >= 0.3 is 0 Å². The van der Waals surface area contributed by atoms with Crippen molar-refractivity contribution in [3.8, 4) is 0 Å². The smallest absolute Gasteiger partial charge is 0.254 e. The van der Waals surface area contributed by atoms with Crippen molar-refractivity contribution in [3.05, 3.63) is 29.8 Å². The molecule has 0 unspecified atom stereocenters. The molecule has 1 amide bonds. The molecule has 0 aliphatic rings. The minimum absolute atomic E-state index is 0.113. The summed E-state index contributed by atoms with van der Waals surface area (Å²) < 4.78 is 0. The highest BCUT2D eigenvalue weighted by molar-refractivity contribution is 5.94. The number of nitrogen functional groups attached to an aromatic ring is 1. The summed E-state index contributed by atoms with van der Waals surface area (Å²) in [5, 5.41) is 0. The lowest BCUT2D eigenvalue weighted by Gasteiger charge is -2.32. The Kier molecular flexibility index (Phi) is 5.87. The molecule has 0 aliphatic carbocycles. The van der Waals surface area contributed by atoms with Crippen LogP contribution < -0.4 is 5.73 Å². The van der Waals surface area contributed by atoms with Crippen LogP contribution in [0.3, 0.4) is 0 Å². The second kappa shape index (κ2) is 7.17. The molecule has 1 rings (SSSR count). The van der Waals surface area contributed by atoms with Crippen LogP contribution in [0.25, 0.3) is 0 Å². The van der Waals surface area contributed by atoms with Gasteiger partial charge in [-0.3, -0.25) is 4.79 Å². The third-order valence-corrected chi connectivity index (χ3v) is 3.36. The zero-order chi connectivity index (χ0) is 14.4. The molecule has 0 aliphatic heterocycles. The summed E-state index contributed by atoms with van der Waals surface area (Å²) in [5.41, 5.74) is 7.08. The van der Waals surface area contributed by atoms with E-state index < -0.39 is 0 Å². The van der Waals surface area contributed by atoms with Crippen molar-refractivity contribution >= 4 is 11.6 Å². The van der Waals surface area contributed by atoms with Crippen molar-refractivity contribution in [2.24, 2.45) is 5.92 Å². The fraction of sp³-hybridized carbons (Fsp3) is 0.562. The van der Waals surface area contributed by atoms with E-state index in [0.717, 1.165) is 24.9 Å². The Balaban J connectivity index is 2.96. The second-order valence-corrected chi connectivity index (χ2v) is 5.44. The Bertz CT molecular complexity index is 394. The van der Waals surface area contributed by atoms with E-state index in [0.29, 0.717) is 17.6 Å². The first-order chi connectivity index (χ1) is 8.99. The summed E-state index contributed by atoms with van der Waals surface area (Å²) in [6.45, 7) is 9.36. The van der Waals surface area contributed by atoms with Gasteiger partial charge in [0.25, 0.3) is 5.91 Å². The summed E-state index contributed by atoms with van der Waals surface area (Å²) in [4.78, 5) is 14.6. The molecule has 0 atom stereocenters. The number of nitrogens with two attached hydrogens (primary N) is 1. The number of hydrogen-bond donors (Lipinski definition) is 1. The molecule has 0 fully saturated rings. The van der Waals surface area contributed by atoms with Gasteiger partial charge in [0.1, 0.15) is 0 Å². The molecule has 0 bridgehead atoms. The molecular weight excluding hydrogens is 236 g/mol. The number of amides is 1. The number of carbonyl (C=O) groups is 1. The predicted molar refractivity (Wildman–Crippen MR) is 81.1 cm³/mol. The van der Waals surface area contributed by atoms with Gasteiger partial charge in [0.2, 0.25) is 0 Å². The molecule has 0 radical (unpaired) electrons. The van der Waals surface area contributed by atoms with Crippen LogP contribution in [0.4, 0.5) is 5.69 Å². The van der Waals surface area contributed by atoms with Crippen LogP contribution in [0, 0.1) is 5.92 Å². The summed E-state index contributed by atoms with van der Waals surface area (Å²) in [7, 11) is 0. The zero-order valence-electron chi connectivity index (χ0n) is 12.5. The van der Waals surface area contributed by atoms with E-state index in [1.54, 1.807) is 12.1 Å². The van der Waals surface area contributed by atoms with E-state index in [1.165, 1.54) is 0 Å². The Morgan fingerprint density at radius 3 is 2.11 bits per heavy atom. The molecule has 3 nitrogen and oxygen atoms in total. The van der Waals surface area contributed by atoms with Crippen molar-refractivity contribution in [2.45, 2.75) is 46.6 Å². The molecule has 0 aromatic heterocycles. The average molecular weight is 262 g/mol. The highest BCUT2D eigenvalue weighted by Gasteiger charge is 2.22. The molecule has 0 spiro atoms. The summed E-state index contributed by atoms with van der Waals surface area (Å²) in [6.07, 6.45) is 1.98. The molecular formula is C16H26N2O. The van der Waals surface area contributed by atoms with Crippen molar-refractivity contribution in [1.29, 1.82) is 0 Å². The van der Waals surface area contributed by atoms with E-state index >= 15 is 0 Å². The predicted octanol–water partition coefficient (Wildman–Crippen LogP) is 3.56. The monoisotopic (exact) mass is 262 g/mol. The van der Waals surface area contributed by atoms with E-state index in [1.807, 2.05) is 17.0 Å². The molecule has 0 saturated carbocycles. The molecule has 1 aromatic rings. The maximum atomic E-state index is 12.6. The molecule has 0 saturated heterocycles. The quantitative estimate of drug-likeness (QED) is 0.797. The number of rotatable bonds is 6. The van der Waals surface area contributed by atoms with Crippen LogP contribution in [-0.2, 0) is 0 Å². The van der Waals surface area contributed by atoms with Gasteiger partial charge in [-0.2, -0.15) is 0 Å².